The van der Waals surface area contributed by atoms with Crippen molar-refractivity contribution in [1.29, 1.82) is 0 Å². The lowest BCUT2D eigenvalue weighted by Crippen LogP contribution is -1.55. The maximum atomic E-state index is 9.15. The predicted molar refractivity (Wildman–Crippen MR) is 18.6 cm³/mol. The van der Waals surface area contributed by atoms with Gasteiger partial charge >= 0.3 is 0 Å². The molecule has 0 radical (unpaired) electrons. The molecule has 0 N–H and O–H groups in total. The molecule has 0 aliphatic carbocycles. The van der Waals surface area contributed by atoms with E-state index in [0.29, 0.717) is 17.8 Å². The Morgan fingerprint density at radius 2 is 2.25 bits per heavy atom. The van der Waals surface area contributed by atoms with Gasteiger partial charge in [0.05, 0.1) is 6.92 Å². The number of hydrogen-bond acceptors (Lipinski definition) is 2. The fourth-order valence-corrected chi connectivity index (χ4v) is 0. The average Bonchev–Trinajstić information content (AvgIpc) is 1.37. The van der Waals surface area contributed by atoms with Gasteiger partial charge in [0.2, 0.25) is 0 Å². The Labute approximate surface area is 30.2 Å². The second-order valence-corrected chi connectivity index (χ2v) is 0.966. The van der Waals surface area contributed by atoms with Crippen molar-refractivity contribution in [3.05, 3.63) is 6.92 Å². The minimum Gasteiger partial charge on any atom is -0.796 e. The van der Waals surface area contributed by atoms with Crippen LogP contribution in [0.3, 0.4) is 0 Å². The summed E-state index contributed by atoms with van der Waals surface area (Å²) in [5.41, 5.74) is 0. The molecule has 0 aromatic carbocycles. The van der Waals surface area contributed by atoms with Crippen LogP contribution in [0.25, 0.3) is 0 Å². The van der Waals surface area contributed by atoms with Gasteiger partial charge in [0, 0.05) is 0 Å². The Balaban J connectivity index is 1.97. The van der Waals surface area contributed by atoms with Crippen LogP contribution in [0.15, 0.2) is 0 Å². The van der Waals surface area contributed by atoms with E-state index in [4.69, 9.17) is 4.55 Å². The van der Waals surface area contributed by atoms with E-state index >= 15 is 0 Å². The number of hydrogen-bond donors (Lipinski definition) is 0. The Morgan fingerprint density at radius 1 is 2.00 bits per heavy atom. The van der Waals surface area contributed by atoms with E-state index in [9.17, 15) is 0 Å². The van der Waals surface area contributed by atoms with E-state index in [1.807, 2.05) is 0 Å². The SMILES string of the molecule is [CH2+]CS[O-]. The average molecular weight is 76.1 g/mol. The van der Waals surface area contributed by atoms with Crippen LogP contribution in [0.5, 0.6) is 0 Å². The van der Waals surface area contributed by atoms with Crippen LogP contribution < -0.4 is 0 Å². The van der Waals surface area contributed by atoms with Gasteiger partial charge in [-0.3, -0.25) is 0 Å². The van der Waals surface area contributed by atoms with Crippen molar-refractivity contribution in [3.63, 3.8) is 0 Å². The molecule has 0 unspecified atom stereocenters. The van der Waals surface area contributed by atoms with E-state index in [1.54, 1.807) is 0 Å². The molecular formula is C2H4OS. The van der Waals surface area contributed by atoms with E-state index in [0.717, 1.165) is 0 Å². The van der Waals surface area contributed by atoms with Gasteiger partial charge in [-0.2, -0.15) is 0 Å². The van der Waals surface area contributed by atoms with Crippen molar-refractivity contribution in [2.24, 2.45) is 0 Å². The summed E-state index contributed by atoms with van der Waals surface area (Å²) in [5, 5.41) is 0. The Morgan fingerprint density at radius 3 is 2.25 bits per heavy atom. The third-order valence-electron chi connectivity index (χ3n) is 0.0833. The highest BCUT2D eigenvalue weighted by Crippen LogP contribution is 1.81. The van der Waals surface area contributed by atoms with Crippen molar-refractivity contribution in [1.82, 2.24) is 0 Å². The van der Waals surface area contributed by atoms with Crippen molar-refractivity contribution < 1.29 is 4.55 Å². The van der Waals surface area contributed by atoms with Crippen LogP contribution >= 0.6 is 12.0 Å². The monoisotopic (exact) mass is 76.0 g/mol. The smallest absolute Gasteiger partial charge is 0.117 e. The molecule has 24 valence electrons. The van der Waals surface area contributed by atoms with Crippen molar-refractivity contribution in [2.45, 2.75) is 0 Å². The minimum atomic E-state index is 0.431. The van der Waals surface area contributed by atoms with Crippen LogP contribution in [-0.2, 0) is 0 Å². The first-order chi connectivity index (χ1) is 1.91. The molecule has 0 amide bonds. The molecule has 0 bridgehead atoms. The molecule has 0 atom stereocenters. The first-order valence-electron chi connectivity index (χ1n) is 0.955. The maximum absolute atomic E-state index is 9.15. The Kier molecular flexibility index (Phi) is 3.32. The van der Waals surface area contributed by atoms with Crippen LogP contribution in [0.1, 0.15) is 0 Å². The van der Waals surface area contributed by atoms with Crippen LogP contribution in [0.4, 0.5) is 0 Å². The first-order valence-corrected chi connectivity index (χ1v) is 1.87. The zero-order valence-electron chi connectivity index (χ0n) is 2.23. The molecule has 0 fully saturated rings. The first kappa shape index (κ1) is 4.18. The minimum absolute atomic E-state index is 0.431. The van der Waals surface area contributed by atoms with Crippen LogP contribution in [0.2, 0.25) is 0 Å². The molecule has 0 spiro atoms. The summed E-state index contributed by atoms with van der Waals surface area (Å²) in [5.74, 6) is 0.431. The van der Waals surface area contributed by atoms with Gasteiger partial charge in [-0.25, -0.2) is 12.0 Å². The molecule has 4 heavy (non-hydrogen) atoms. The lowest BCUT2D eigenvalue weighted by molar-refractivity contribution is 0.621. The molecule has 0 aliphatic rings. The molecule has 1 nitrogen and oxygen atoms in total. The third-order valence-corrected chi connectivity index (χ3v) is 0.250. The van der Waals surface area contributed by atoms with Gasteiger partial charge in [0.15, 0.2) is 0 Å². The fraction of sp³-hybridized carbons (Fsp3) is 0.500. The predicted octanol–water partition coefficient (Wildman–Crippen LogP) is 0.684. The zero-order valence-corrected chi connectivity index (χ0v) is 3.05. The third kappa shape index (κ3) is 2.18. The van der Waals surface area contributed by atoms with Gasteiger partial charge in [0.25, 0.3) is 0 Å². The summed E-state index contributed by atoms with van der Waals surface area (Å²) >= 11 is 0.495. The molecule has 0 saturated heterocycles. The standard InChI is InChI=1S/C2H4OS/c1-2-4-3/h1-2H2. The molecule has 0 saturated carbocycles. The van der Waals surface area contributed by atoms with Gasteiger partial charge in [-0.15, -0.1) is 0 Å². The molecule has 0 rings (SSSR count). The molecule has 0 heterocycles. The van der Waals surface area contributed by atoms with E-state index in [-0.39, 0.29) is 0 Å². The highest BCUT2D eigenvalue weighted by Gasteiger charge is 1.55. The second-order valence-electron chi connectivity index (χ2n) is 0.322. The summed E-state index contributed by atoms with van der Waals surface area (Å²) in [4.78, 5) is 0. The summed E-state index contributed by atoms with van der Waals surface area (Å²) in [6.45, 7) is 3.25. The van der Waals surface area contributed by atoms with Crippen LogP contribution in [-0.4, -0.2) is 10.3 Å². The summed E-state index contributed by atoms with van der Waals surface area (Å²) in [6.07, 6.45) is 0. The quantitative estimate of drug-likeness (QED) is 0.338. The normalized spacial score (nSPS) is 7.25. The largest absolute Gasteiger partial charge is 0.796 e. The molecular weight excluding hydrogens is 72.1 g/mol. The lowest BCUT2D eigenvalue weighted by Gasteiger charge is -1.85. The maximum Gasteiger partial charge on any atom is 0.117 e. The second kappa shape index (κ2) is 3.18. The van der Waals surface area contributed by atoms with E-state index in [2.05, 4.69) is 6.92 Å². The van der Waals surface area contributed by atoms with Gasteiger partial charge < -0.3 is 4.55 Å². The zero-order chi connectivity index (χ0) is 3.41. The Hall–Kier alpha value is 0.180. The topological polar surface area (TPSA) is 23.1 Å². The summed E-state index contributed by atoms with van der Waals surface area (Å²) in [6, 6.07) is 0. The summed E-state index contributed by atoms with van der Waals surface area (Å²) in [7, 11) is 0. The van der Waals surface area contributed by atoms with E-state index in [1.165, 1.54) is 0 Å². The summed E-state index contributed by atoms with van der Waals surface area (Å²) < 4.78 is 9.15. The van der Waals surface area contributed by atoms with Crippen molar-refractivity contribution >= 4 is 12.0 Å². The molecule has 0 aromatic rings. The van der Waals surface area contributed by atoms with Crippen molar-refractivity contribution in [3.8, 4) is 0 Å². The molecule has 0 aromatic heterocycles. The highest BCUT2D eigenvalue weighted by atomic mass is 32.2. The highest BCUT2D eigenvalue weighted by molar-refractivity contribution is 7.93. The fourth-order valence-electron chi connectivity index (χ4n) is 0. The van der Waals surface area contributed by atoms with E-state index < -0.39 is 0 Å². The van der Waals surface area contributed by atoms with Gasteiger partial charge in [0.1, 0.15) is 5.75 Å². The number of rotatable bonds is 1. The Bertz CT molecular complexity index is 8.00. The van der Waals surface area contributed by atoms with Crippen LogP contribution in [0, 0.1) is 6.92 Å². The molecule has 2 heteroatoms. The molecule has 0 aliphatic heterocycles. The van der Waals surface area contributed by atoms with Crippen molar-refractivity contribution in [2.75, 3.05) is 5.75 Å². The lowest BCUT2D eigenvalue weighted by atomic mass is 11.0. The van der Waals surface area contributed by atoms with Gasteiger partial charge in [-0.1, -0.05) is 0 Å². The van der Waals surface area contributed by atoms with Gasteiger partial charge in [-0.05, 0) is 0 Å².